The molecular weight excluding hydrogens is 273 g/mol. The van der Waals surface area contributed by atoms with E-state index in [1.807, 2.05) is 27.7 Å². The highest BCUT2D eigenvalue weighted by Crippen LogP contribution is 2.36. The van der Waals surface area contributed by atoms with E-state index in [0.717, 1.165) is 10.3 Å². The highest BCUT2D eigenvalue weighted by atomic mass is 32.1. The van der Waals surface area contributed by atoms with Crippen LogP contribution in [0.25, 0.3) is 10.7 Å². The summed E-state index contributed by atoms with van der Waals surface area (Å²) < 4.78 is 11.9. The van der Waals surface area contributed by atoms with Gasteiger partial charge in [0.25, 0.3) is 0 Å². The molecule has 0 radical (unpaired) electrons. The lowest BCUT2D eigenvalue weighted by Gasteiger charge is -2.32. The normalized spacial score (nSPS) is 20.3. The standard InChI is InChI=1S/C13H16BN3O2S/c1-12(2)13(3,4)19-14(18-12)9-5-16-11(17-6-9)10-7-15-8-20-10/h5-8H,1-4H3. The van der Waals surface area contributed by atoms with Gasteiger partial charge >= 0.3 is 7.12 Å². The van der Waals surface area contributed by atoms with Gasteiger partial charge in [-0.05, 0) is 27.7 Å². The van der Waals surface area contributed by atoms with E-state index in [1.165, 1.54) is 11.3 Å². The third-order valence-corrected chi connectivity index (χ3v) is 4.62. The Morgan fingerprint density at radius 1 is 1.00 bits per heavy atom. The summed E-state index contributed by atoms with van der Waals surface area (Å²) in [5.74, 6) is 0.674. The third kappa shape index (κ3) is 2.26. The maximum Gasteiger partial charge on any atom is 0.498 e. The van der Waals surface area contributed by atoms with Gasteiger partial charge in [0.15, 0.2) is 5.82 Å². The fourth-order valence-corrected chi connectivity index (χ4v) is 2.46. The molecule has 0 atom stereocenters. The molecule has 0 bridgehead atoms. The van der Waals surface area contributed by atoms with E-state index in [1.54, 1.807) is 24.1 Å². The van der Waals surface area contributed by atoms with E-state index in [0.29, 0.717) is 5.82 Å². The van der Waals surface area contributed by atoms with Gasteiger partial charge in [-0.1, -0.05) is 0 Å². The van der Waals surface area contributed by atoms with Gasteiger partial charge in [-0.2, -0.15) is 0 Å². The molecule has 3 rings (SSSR count). The molecule has 0 aliphatic carbocycles. The predicted octanol–water partition coefficient (Wildman–Crippen LogP) is 1.90. The summed E-state index contributed by atoms with van der Waals surface area (Å²) in [6, 6.07) is 0. The molecule has 3 heterocycles. The first kappa shape index (κ1) is 13.7. The van der Waals surface area contributed by atoms with E-state index in [2.05, 4.69) is 15.0 Å². The van der Waals surface area contributed by atoms with E-state index in [9.17, 15) is 0 Å². The summed E-state index contributed by atoms with van der Waals surface area (Å²) >= 11 is 1.52. The van der Waals surface area contributed by atoms with Gasteiger partial charge < -0.3 is 9.31 Å². The number of hydrogen-bond donors (Lipinski definition) is 0. The zero-order valence-corrected chi connectivity index (χ0v) is 12.8. The monoisotopic (exact) mass is 289 g/mol. The van der Waals surface area contributed by atoms with Crippen LogP contribution in [-0.2, 0) is 9.31 Å². The Morgan fingerprint density at radius 3 is 2.10 bits per heavy atom. The molecule has 20 heavy (non-hydrogen) atoms. The van der Waals surface area contributed by atoms with Crippen LogP contribution in [0.2, 0.25) is 0 Å². The van der Waals surface area contributed by atoms with E-state index in [4.69, 9.17) is 9.31 Å². The molecule has 5 nitrogen and oxygen atoms in total. The van der Waals surface area contributed by atoms with E-state index >= 15 is 0 Å². The summed E-state index contributed by atoms with van der Waals surface area (Å²) in [5.41, 5.74) is 1.89. The number of rotatable bonds is 2. The predicted molar refractivity (Wildman–Crippen MR) is 78.9 cm³/mol. The molecular formula is C13H16BN3O2S. The maximum absolute atomic E-state index is 5.97. The quantitative estimate of drug-likeness (QED) is 0.790. The molecule has 0 amide bonds. The fourth-order valence-electron chi connectivity index (χ4n) is 1.89. The van der Waals surface area contributed by atoms with Crippen molar-refractivity contribution in [2.45, 2.75) is 38.9 Å². The molecule has 0 aromatic carbocycles. The number of hydrogen-bond acceptors (Lipinski definition) is 6. The zero-order valence-electron chi connectivity index (χ0n) is 12.0. The maximum atomic E-state index is 5.97. The summed E-state index contributed by atoms with van der Waals surface area (Å²) in [5, 5.41) is 0. The number of nitrogens with zero attached hydrogens (tertiary/aromatic N) is 3. The second-order valence-corrected chi connectivity index (χ2v) is 6.68. The van der Waals surface area contributed by atoms with Crippen molar-refractivity contribution in [3.05, 3.63) is 24.1 Å². The smallest absolute Gasteiger partial charge is 0.399 e. The average molecular weight is 289 g/mol. The van der Waals surface area contributed by atoms with Crippen molar-refractivity contribution in [2.75, 3.05) is 0 Å². The van der Waals surface area contributed by atoms with Gasteiger partial charge in [0.1, 0.15) is 0 Å². The van der Waals surface area contributed by atoms with Gasteiger partial charge in [-0.15, -0.1) is 11.3 Å². The average Bonchev–Trinajstić information content (AvgIpc) is 2.97. The van der Waals surface area contributed by atoms with Crippen LogP contribution in [0.4, 0.5) is 0 Å². The molecule has 0 saturated carbocycles. The zero-order chi connectivity index (χ0) is 14.4. The highest BCUT2D eigenvalue weighted by molar-refractivity contribution is 7.13. The van der Waals surface area contributed by atoms with Crippen molar-refractivity contribution in [1.29, 1.82) is 0 Å². The van der Waals surface area contributed by atoms with Crippen LogP contribution < -0.4 is 5.46 Å². The van der Waals surface area contributed by atoms with Gasteiger partial charge in [0.05, 0.1) is 21.6 Å². The lowest BCUT2D eigenvalue weighted by molar-refractivity contribution is 0.00578. The molecule has 2 aromatic rings. The molecule has 1 aliphatic rings. The molecule has 2 aromatic heterocycles. The molecule has 1 fully saturated rings. The highest BCUT2D eigenvalue weighted by Gasteiger charge is 2.51. The Kier molecular flexibility index (Phi) is 3.15. The lowest BCUT2D eigenvalue weighted by Crippen LogP contribution is -2.41. The largest absolute Gasteiger partial charge is 0.498 e. The molecule has 1 aliphatic heterocycles. The van der Waals surface area contributed by atoms with Crippen molar-refractivity contribution in [3.63, 3.8) is 0 Å². The Balaban J connectivity index is 1.83. The number of aromatic nitrogens is 3. The summed E-state index contributed by atoms with van der Waals surface area (Å²) in [4.78, 5) is 13.7. The molecule has 0 spiro atoms. The van der Waals surface area contributed by atoms with Gasteiger partial charge in [-0.25, -0.2) is 9.97 Å². The SMILES string of the molecule is CC1(C)OB(c2cnc(-c3cncs3)nc2)OC1(C)C. The molecule has 1 saturated heterocycles. The van der Waals surface area contributed by atoms with Crippen LogP contribution in [0.3, 0.4) is 0 Å². The van der Waals surface area contributed by atoms with Crippen molar-refractivity contribution in [3.8, 4) is 10.7 Å². The molecule has 7 heteroatoms. The van der Waals surface area contributed by atoms with Crippen molar-refractivity contribution in [2.24, 2.45) is 0 Å². The minimum Gasteiger partial charge on any atom is -0.399 e. The Hall–Kier alpha value is -1.31. The lowest BCUT2D eigenvalue weighted by atomic mass is 9.81. The second-order valence-electron chi connectivity index (χ2n) is 5.79. The van der Waals surface area contributed by atoms with Crippen LogP contribution >= 0.6 is 11.3 Å². The summed E-state index contributed by atoms with van der Waals surface area (Å²) in [6.45, 7) is 8.11. The van der Waals surface area contributed by atoms with Crippen molar-refractivity contribution < 1.29 is 9.31 Å². The summed E-state index contributed by atoms with van der Waals surface area (Å²) in [7, 11) is -0.421. The minimum absolute atomic E-state index is 0.353. The van der Waals surface area contributed by atoms with E-state index in [-0.39, 0.29) is 11.2 Å². The van der Waals surface area contributed by atoms with Crippen LogP contribution in [0.15, 0.2) is 24.1 Å². The fraction of sp³-hybridized carbons (Fsp3) is 0.462. The third-order valence-electron chi connectivity index (χ3n) is 3.85. The molecule has 104 valence electrons. The Morgan fingerprint density at radius 2 is 1.60 bits per heavy atom. The minimum atomic E-state index is -0.421. The van der Waals surface area contributed by atoms with Gasteiger partial charge in [-0.3, -0.25) is 4.98 Å². The Bertz CT molecular complexity index is 583. The first-order valence-electron chi connectivity index (χ1n) is 6.45. The van der Waals surface area contributed by atoms with Gasteiger partial charge in [0, 0.05) is 24.1 Å². The topological polar surface area (TPSA) is 57.1 Å². The first-order valence-corrected chi connectivity index (χ1v) is 7.33. The van der Waals surface area contributed by atoms with Gasteiger partial charge in [0.2, 0.25) is 0 Å². The van der Waals surface area contributed by atoms with Crippen LogP contribution in [-0.4, -0.2) is 33.3 Å². The number of thiazole rings is 1. The Labute approximate surface area is 122 Å². The molecule has 0 N–H and O–H groups in total. The van der Waals surface area contributed by atoms with Crippen LogP contribution in [0.1, 0.15) is 27.7 Å². The van der Waals surface area contributed by atoms with Crippen molar-refractivity contribution >= 4 is 23.9 Å². The van der Waals surface area contributed by atoms with Crippen LogP contribution in [0.5, 0.6) is 0 Å². The summed E-state index contributed by atoms with van der Waals surface area (Å²) in [6.07, 6.45) is 5.27. The van der Waals surface area contributed by atoms with Crippen LogP contribution in [0, 0.1) is 0 Å². The second kappa shape index (κ2) is 4.61. The van der Waals surface area contributed by atoms with E-state index < -0.39 is 7.12 Å². The molecule has 0 unspecified atom stereocenters. The first-order chi connectivity index (χ1) is 9.39. The van der Waals surface area contributed by atoms with Crippen molar-refractivity contribution in [1.82, 2.24) is 15.0 Å².